The predicted molar refractivity (Wildman–Crippen MR) is 66.9 cm³/mol. The van der Waals surface area contributed by atoms with E-state index in [9.17, 15) is 9.90 Å². The molecule has 0 bridgehead atoms. The van der Waals surface area contributed by atoms with Gasteiger partial charge in [-0.15, -0.1) is 0 Å². The van der Waals surface area contributed by atoms with Gasteiger partial charge in [-0.3, -0.25) is 4.79 Å². The van der Waals surface area contributed by atoms with Gasteiger partial charge in [0.1, 0.15) is 0 Å². The van der Waals surface area contributed by atoms with Gasteiger partial charge < -0.3 is 15.1 Å². The van der Waals surface area contributed by atoms with Crippen LogP contribution in [0, 0.1) is 5.92 Å². The molecule has 0 amide bonds. The summed E-state index contributed by atoms with van der Waals surface area (Å²) >= 11 is 0. The molecule has 4 heteroatoms. The fourth-order valence-electron chi connectivity index (χ4n) is 2.63. The van der Waals surface area contributed by atoms with E-state index in [-0.39, 0.29) is 6.42 Å². The quantitative estimate of drug-likeness (QED) is 0.715. The maximum absolute atomic E-state index is 10.4. The minimum atomic E-state index is -0.834. The van der Waals surface area contributed by atoms with E-state index < -0.39 is 12.1 Å². The molecule has 1 atom stereocenters. The van der Waals surface area contributed by atoms with Crippen LogP contribution in [0.4, 0.5) is 0 Å². The largest absolute Gasteiger partial charge is 0.481 e. The van der Waals surface area contributed by atoms with Crippen LogP contribution in [0.3, 0.4) is 0 Å². The lowest BCUT2D eigenvalue weighted by Crippen LogP contribution is -2.34. The molecule has 1 saturated carbocycles. The monoisotopic (exact) mass is 243 g/mol. The molecule has 1 aliphatic rings. The second-order valence-corrected chi connectivity index (χ2v) is 5.31. The Hall–Kier alpha value is -0.610. The molecule has 1 fully saturated rings. The van der Waals surface area contributed by atoms with Gasteiger partial charge in [0, 0.05) is 19.5 Å². The first-order valence-electron chi connectivity index (χ1n) is 6.66. The molecule has 0 aromatic rings. The zero-order chi connectivity index (χ0) is 12.7. The van der Waals surface area contributed by atoms with Crippen LogP contribution in [0.1, 0.15) is 44.9 Å². The zero-order valence-corrected chi connectivity index (χ0v) is 10.8. The average Bonchev–Trinajstić information content (AvgIpc) is 2.27. The summed E-state index contributed by atoms with van der Waals surface area (Å²) in [6.07, 6.45) is 6.52. The standard InChI is InChI=1S/C13H25NO3/c1-14(9-11-5-3-2-4-6-11)10-12(15)7-8-13(16)17/h11-12,15H,2-10H2,1H3,(H,16,17). The molecule has 100 valence electrons. The molecule has 0 saturated heterocycles. The van der Waals surface area contributed by atoms with Crippen LogP contribution < -0.4 is 0 Å². The molecule has 0 aromatic carbocycles. The number of hydrogen-bond donors (Lipinski definition) is 2. The maximum Gasteiger partial charge on any atom is 0.303 e. The minimum Gasteiger partial charge on any atom is -0.481 e. The van der Waals surface area contributed by atoms with Crippen molar-refractivity contribution in [2.24, 2.45) is 5.92 Å². The van der Waals surface area contributed by atoms with Crippen LogP contribution in [0.2, 0.25) is 0 Å². The lowest BCUT2D eigenvalue weighted by atomic mass is 9.89. The molecule has 1 rings (SSSR count). The lowest BCUT2D eigenvalue weighted by molar-refractivity contribution is -0.137. The number of rotatable bonds is 7. The summed E-state index contributed by atoms with van der Waals surface area (Å²) in [4.78, 5) is 12.5. The van der Waals surface area contributed by atoms with Gasteiger partial charge in [-0.25, -0.2) is 0 Å². The van der Waals surface area contributed by atoms with E-state index in [1.807, 2.05) is 7.05 Å². The Morgan fingerprint density at radius 1 is 1.35 bits per heavy atom. The van der Waals surface area contributed by atoms with E-state index in [0.717, 1.165) is 12.5 Å². The summed E-state index contributed by atoms with van der Waals surface area (Å²) in [6, 6.07) is 0. The second kappa shape index (κ2) is 7.67. The van der Waals surface area contributed by atoms with Gasteiger partial charge in [0.25, 0.3) is 0 Å². The van der Waals surface area contributed by atoms with E-state index in [1.165, 1.54) is 32.1 Å². The Bertz CT molecular complexity index is 227. The van der Waals surface area contributed by atoms with Gasteiger partial charge in [0.2, 0.25) is 0 Å². The number of carboxylic acid groups (broad SMARTS) is 1. The van der Waals surface area contributed by atoms with E-state index in [1.54, 1.807) is 0 Å². The highest BCUT2D eigenvalue weighted by molar-refractivity contribution is 5.66. The Balaban J connectivity index is 2.14. The number of hydrogen-bond acceptors (Lipinski definition) is 3. The normalized spacial score (nSPS) is 19.5. The number of aliphatic carboxylic acids is 1. The van der Waals surface area contributed by atoms with Crippen molar-refractivity contribution < 1.29 is 15.0 Å². The molecule has 0 aliphatic heterocycles. The Labute approximate surface area is 104 Å². The third kappa shape index (κ3) is 6.64. The molecule has 0 radical (unpaired) electrons. The highest BCUT2D eigenvalue weighted by atomic mass is 16.4. The molecule has 1 unspecified atom stereocenters. The van der Waals surface area contributed by atoms with Crippen LogP contribution in [0.5, 0.6) is 0 Å². The van der Waals surface area contributed by atoms with E-state index in [2.05, 4.69) is 4.90 Å². The average molecular weight is 243 g/mol. The van der Waals surface area contributed by atoms with Crippen LogP contribution in [-0.2, 0) is 4.79 Å². The van der Waals surface area contributed by atoms with Crippen molar-refractivity contribution in [3.8, 4) is 0 Å². The summed E-state index contributed by atoms with van der Waals surface area (Å²) in [5.41, 5.74) is 0. The lowest BCUT2D eigenvalue weighted by Gasteiger charge is -2.28. The highest BCUT2D eigenvalue weighted by Crippen LogP contribution is 2.24. The first-order chi connectivity index (χ1) is 8.08. The number of nitrogens with zero attached hydrogens (tertiary/aromatic N) is 1. The Morgan fingerprint density at radius 3 is 2.59 bits per heavy atom. The van der Waals surface area contributed by atoms with Gasteiger partial charge in [-0.1, -0.05) is 19.3 Å². The number of likely N-dealkylation sites (N-methyl/N-ethyl adjacent to an activating group) is 1. The SMILES string of the molecule is CN(CC(O)CCC(=O)O)CC1CCCCC1. The van der Waals surface area contributed by atoms with Gasteiger partial charge in [0.05, 0.1) is 6.10 Å². The van der Waals surface area contributed by atoms with Crippen molar-refractivity contribution in [3.05, 3.63) is 0 Å². The fourth-order valence-corrected chi connectivity index (χ4v) is 2.63. The maximum atomic E-state index is 10.4. The van der Waals surface area contributed by atoms with Crippen molar-refractivity contribution in [2.45, 2.75) is 51.0 Å². The van der Waals surface area contributed by atoms with Crippen molar-refractivity contribution >= 4 is 5.97 Å². The third-order valence-corrected chi connectivity index (χ3v) is 3.51. The highest BCUT2D eigenvalue weighted by Gasteiger charge is 2.17. The predicted octanol–water partition coefficient (Wildman–Crippen LogP) is 1.72. The van der Waals surface area contributed by atoms with Crippen LogP contribution in [0.15, 0.2) is 0 Å². The summed E-state index contributed by atoms with van der Waals surface area (Å²) in [5.74, 6) is -0.0700. The van der Waals surface area contributed by atoms with Crippen LogP contribution >= 0.6 is 0 Å². The Morgan fingerprint density at radius 2 is 2.00 bits per heavy atom. The number of carboxylic acids is 1. The van der Waals surface area contributed by atoms with E-state index in [0.29, 0.717) is 13.0 Å². The summed E-state index contributed by atoms with van der Waals surface area (Å²) in [6.45, 7) is 1.62. The van der Waals surface area contributed by atoms with E-state index >= 15 is 0 Å². The van der Waals surface area contributed by atoms with Crippen molar-refractivity contribution in [1.29, 1.82) is 0 Å². The van der Waals surface area contributed by atoms with Crippen LogP contribution in [-0.4, -0.2) is 47.3 Å². The molecule has 0 aromatic heterocycles. The molecular formula is C13H25NO3. The molecule has 17 heavy (non-hydrogen) atoms. The molecule has 2 N–H and O–H groups in total. The first kappa shape index (κ1) is 14.5. The van der Waals surface area contributed by atoms with E-state index in [4.69, 9.17) is 5.11 Å². The second-order valence-electron chi connectivity index (χ2n) is 5.31. The third-order valence-electron chi connectivity index (χ3n) is 3.51. The van der Waals surface area contributed by atoms with Crippen molar-refractivity contribution in [2.75, 3.05) is 20.1 Å². The number of carbonyl (C=O) groups is 1. The molecule has 0 spiro atoms. The molecular weight excluding hydrogens is 218 g/mol. The summed E-state index contributed by atoms with van der Waals surface area (Å²) < 4.78 is 0. The fraction of sp³-hybridized carbons (Fsp3) is 0.923. The molecule has 1 aliphatic carbocycles. The minimum absolute atomic E-state index is 0.0540. The van der Waals surface area contributed by atoms with Crippen molar-refractivity contribution in [1.82, 2.24) is 4.90 Å². The van der Waals surface area contributed by atoms with Gasteiger partial charge in [0.15, 0.2) is 0 Å². The Kier molecular flexibility index (Phi) is 6.52. The smallest absolute Gasteiger partial charge is 0.303 e. The topological polar surface area (TPSA) is 60.8 Å². The zero-order valence-electron chi connectivity index (χ0n) is 10.8. The first-order valence-corrected chi connectivity index (χ1v) is 6.66. The van der Waals surface area contributed by atoms with Gasteiger partial charge in [-0.2, -0.15) is 0 Å². The number of aliphatic hydroxyl groups excluding tert-OH is 1. The molecule has 4 nitrogen and oxygen atoms in total. The molecule has 0 heterocycles. The van der Waals surface area contributed by atoms with Crippen molar-refractivity contribution in [3.63, 3.8) is 0 Å². The van der Waals surface area contributed by atoms with Crippen LogP contribution in [0.25, 0.3) is 0 Å². The summed E-state index contributed by atoms with van der Waals surface area (Å²) in [7, 11) is 2.01. The number of aliphatic hydroxyl groups is 1. The van der Waals surface area contributed by atoms with Gasteiger partial charge >= 0.3 is 5.97 Å². The summed E-state index contributed by atoms with van der Waals surface area (Å²) in [5, 5.41) is 18.2. The van der Waals surface area contributed by atoms with Gasteiger partial charge in [-0.05, 0) is 32.2 Å².